The first-order valence-corrected chi connectivity index (χ1v) is 7.61. The van der Waals surface area contributed by atoms with Gasteiger partial charge in [-0.1, -0.05) is 45.0 Å². The number of carbonyl (C=O) groups is 2. The molecule has 1 unspecified atom stereocenters. The Morgan fingerprint density at radius 3 is 1.88 bits per heavy atom. The van der Waals surface area contributed by atoms with Crippen molar-refractivity contribution in [3.8, 4) is 0 Å². The van der Waals surface area contributed by atoms with E-state index in [0.29, 0.717) is 11.3 Å². The molecule has 0 fully saturated rings. The van der Waals surface area contributed by atoms with Crippen LogP contribution in [0.15, 0.2) is 48.5 Å². The van der Waals surface area contributed by atoms with E-state index in [1.54, 1.807) is 24.3 Å². The maximum absolute atomic E-state index is 11.6. The first-order valence-electron chi connectivity index (χ1n) is 7.61. The minimum Gasteiger partial charge on any atom is -0.479 e. The average molecular weight is 327 g/mol. The van der Waals surface area contributed by atoms with Gasteiger partial charge in [0.05, 0.1) is 5.56 Å². The summed E-state index contributed by atoms with van der Waals surface area (Å²) in [6.07, 6.45) is 0. The quantitative estimate of drug-likeness (QED) is 0.775. The van der Waals surface area contributed by atoms with Crippen LogP contribution >= 0.6 is 0 Å². The molecule has 0 spiro atoms. The number of nitrogens with one attached hydrogen (secondary N) is 1. The molecule has 0 aromatic heterocycles. The van der Waals surface area contributed by atoms with Gasteiger partial charge in [0.2, 0.25) is 0 Å². The average Bonchev–Trinajstić information content (AvgIpc) is 2.52. The van der Waals surface area contributed by atoms with E-state index in [1.165, 1.54) is 12.1 Å². The summed E-state index contributed by atoms with van der Waals surface area (Å²) < 4.78 is 0. The number of rotatable bonds is 5. The molecule has 2 aromatic carbocycles. The van der Waals surface area contributed by atoms with E-state index >= 15 is 0 Å². The molecule has 0 radical (unpaired) electrons. The zero-order valence-electron chi connectivity index (χ0n) is 13.9. The van der Waals surface area contributed by atoms with Crippen LogP contribution in [0.4, 0.5) is 5.69 Å². The normalized spacial score (nSPS) is 12.5. The van der Waals surface area contributed by atoms with Crippen molar-refractivity contribution < 1.29 is 19.8 Å². The Hall–Kier alpha value is -2.82. The molecule has 0 aliphatic heterocycles. The monoisotopic (exact) mass is 327 g/mol. The lowest BCUT2D eigenvalue weighted by atomic mass is 9.86. The maximum atomic E-state index is 11.6. The molecule has 0 bridgehead atoms. The molecule has 3 N–H and O–H groups in total. The fraction of sp³-hybridized carbons (Fsp3) is 0.263. The predicted molar refractivity (Wildman–Crippen MR) is 92.5 cm³/mol. The van der Waals surface area contributed by atoms with Crippen molar-refractivity contribution in [3.05, 3.63) is 65.2 Å². The summed E-state index contributed by atoms with van der Waals surface area (Å²) in [5.41, 5.74) is 2.46. The van der Waals surface area contributed by atoms with Crippen LogP contribution in [0, 0.1) is 0 Å². The fourth-order valence-corrected chi connectivity index (χ4v) is 2.34. The van der Waals surface area contributed by atoms with Crippen molar-refractivity contribution in [1.82, 2.24) is 0 Å². The first kappa shape index (κ1) is 17.5. The molecule has 5 nitrogen and oxygen atoms in total. The number of benzene rings is 2. The second kappa shape index (κ2) is 6.74. The molecule has 0 saturated carbocycles. The number of aliphatic carboxylic acids is 1. The van der Waals surface area contributed by atoms with E-state index < -0.39 is 18.0 Å². The number of anilines is 1. The lowest BCUT2D eigenvalue weighted by Crippen LogP contribution is -2.21. The molecule has 0 amide bonds. The van der Waals surface area contributed by atoms with Crippen molar-refractivity contribution in [2.45, 2.75) is 32.2 Å². The lowest BCUT2D eigenvalue weighted by Gasteiger charge is -2.21. The Kier molecular flexibility index (Phi) is 4.93. The smallest absolute Gasteiger partial charge is 0.335 e. The summed E-state index contributed by atoms with van der Waals surface area (Å²) in [6.45, 7) is 6.29. The predicted octanol–water partition coefficient (Wildman–Crippen LogP) is 3.92. The van der Waals surface area contributed by atoms with Crippen LogP contribution in [0.1, 0.15) is 48.3 Å². The number of carboxylic acid groups (broad SMARTS) is 2. The van der Waals surface area contributed by atoms with E-state index in [9.17, 15) is 14.7 Å². The maximum Gasteiger partial charge on any atom is 0.335 e. The summed E-state index contributed by atoms with van der Waals surface area (Å²) in [7, 11) is 0. The second-order valence-corrected chi connectivity index (χ2v) is 6.67. The summed E-state index contributed by atoms with van der Waals surface area (Å²) >= 11 is 0. The van der Waals surface area contributed by atoms with Crippen molar-refractivity contribution in [1.29, 1.82) is 0 Å². The SMILES string of the molecule is CC(C)(C)c1ccc(C(Nc2ccc(C(=O)O)cc2)C(=O)O)cc1. The molecule has 5 heteroatoms. The van der Waals surface area contributed by atoms with Crippen molar-refractivity contribution >= 4 is 17.6 Å². The molecule has 0 aliphatic carbocycles. The largest absolute Gasteiger partial charge is 0.479 e. The number of hydrogen-bond donors (Lipinski definition) is 3. The number of hydrogen-bond acceptors (Lipinski definition) is 3. The van der Waals surface area contributed by atoms with E-state index in [0.717, 1.165) is 5.56 Å². The van der Waals surface area contributed by atoms with E-state index in [4.69, 9.17) is 5.11 Å². The van der Waals surface area contributed by atoms with Crippen molar-refractivity contribution in [2.75, 3.05) is 5.32 Å². The van der Waals surface area contributed by atoms with Gasteiger partial charge in [-0.15, -0.1) is 0 Å². The Morgan fingerprint density at radius 2 is 1.46 bits per heavy atom. The van der Waals surface area contributed by atoms with Gasteiger partial charge < -0.3 is 15.5 Å². The highest BCUT2D eigenvalue weighted by molar-refractivity contribution is 5.88. The van der Waals surface area contributed by atoms with Crippen LogP contribution in [0.2, 0.25) is 0 Å². The molecule has 0 heterocycles. The van der Waals surface area contributed by atoms with Crippen LogP contribution in [0.25, 0.3) is 0 Å². The summed E-state index contributed by atoms with van der Waals surface area (Å²) in [6, 6.07) is 12.6. The molecule has 24 heavy (non-hydrogen) atoms. The van der Waals surface area contributed by atoms with Crippen LogP contribution < -0.4 is 5.32 Å². The van der Waals surface area contributed by atoms with Crippen LogP contribution in [0.5, 0.6) is 0 Å². The zero-order chi connectivity index (χ0) is 17.9. The Balaban J connectivity index is 2.23. The minimum absolute atomic E-state index is 0.00264. The minimum atomic E-state index is -1.02. The highest BCUT2D eigenvalue weighted by Crippen LogP contribution is 2.26. The van der Waals surface area contributed by atoms with Gasteiger partial charge in [0.25, 0.3) is 0 Å². The van der Waals surface area contributed by atoms with Crippen LogP contribution in [-0.4, -0.2) is 22.2 Å². The van der Waals surface area contributed by atoms with Gasteiger partial charge in [0.1, 0.15) is 0 Å². The Morgan fingerprint density at radius 1 is 0.917 bits per heavy atom. The molecule has 1 atom stereocenters. The second-order valence-electron chi connectivity index (χ2n) is 6.67. The lowest BCUT2D eigenvalue weighted by molar-refractivity contribution is -0.138. The van der Waals surface area contributed by atoms with E-state index in [-0.39, 0.29) is 11.0 Å². The third-order valence-corrected chi connectivity index (χ3v) is 3.80. The topological polar surface area (TPSA) is 86.6 Å². The Labute approximate surface area is 141 Å². The first-order chi connectivity index (χ1) is 11.2. The fourth-order valence-electron chi connectivity index (χ4n) is 2.34. The summed E-state index contributed by atoms with van der Waals surface area (Å²) in [5, 5.41) is 21.3. The molecule has 0 saturated heterocycles. The van der Waals surface area contributed by atoms with Gasteiger partial charge >= 0.3 is 11.9 Å². The summed E-state index contributed by atoms with van der Waals surface area (Å²) in [5.74, 6) is -2.02. The van der Waals surface area contributed by atoms with Crippen LogP contribution in [-0.2, 0) is 10.2 Å². The molecule has 2 aromatic rings. The third-order valence-electron chi connectivity index (χ3n) is 3.80. The van der Waals surface area contributed by atoms with Gasteiger partial charge in [0.15, 0.2) is 6.04 Å². The van der Waals surface area contributed by atoms with Gasteiger partial charge in [-0.25, -0.2) is 9.59 Å². The van der Waals surface area contributed by atoms with Gasteiger partial charge in [0, 0.05) is 5.69 Å². The molecular weight excluding hydrogens is 306 g/mol. The zero-order valence-corrected chi connectivity index (χ0v) is 13.9. The van der Waals surface area contributed by atoms with Crippen molar-refractivity contribution in [3.63, 3.8) is 0 Å². The highest BCUT2D eigenvalue weighted by atomic mass is 16.4. The highest BCUT2D eigenvalue weighted by Gasteiger charge is 2.21. The van der Waals surface area contributed by atoms with E-state index in [2.05, 4.69) is 26.1 Å². The molecule has 0 aliphatic rings. The molecular formula is C19H21NO4. The Bertz CT molecular complexity index is 727. The molecule has 126 valence electrons. The van der Waals surface area contributed by atoms with Crippen LogP contribution in [0.3, 0.4) is 0 Å². The molecule has 2 rings (SSSR count). The summed E-state index contributed by atoms with van der Waals surface area (Å²) in [4.78, 5) is 22.5. The van der Waals surface area contributed by atoms with E-state index in [1.807, 2.05) is 12.1 Å². The van der Waals surface area contributed by atoms with Crippen molar-refractivity contribution in [2.24, 2.45) is 0 Å². The number of carboxylic acids is 2. The van der Waals surface area contributed by atoms with Gasteiger partial charge in [-0.05, 0) is 40.8 Å². The standard InChI is InChI=1S/C19H21NO4/c1-19(2,3)14-8-4-12(5-9-14)16(18(23)24)20-15-10-6-13(7-11-15)17(21)22/h4-11,16,20H,1-3H3,(H,21,22)(H,23,24). The third kappa shape index (κ3) is 4.13. The van der Waals surface area contributed by atoms with Gasteiger partial charge in [-0.2, -0.15) is 0 Å². The van der Waals surface area contributed by atoms with Gasteiger partial charge in [-0.3, -0.25) is 0 Å². The number of aromatic carboxylic acids is 1.